The molecule has 5 rings (SSSR count). The molecule has 0 bridgehead atoms. The quantitative estimate of drug-likeness (QED) is 0.323. The first kappa shape index (κ1) is 32.9. The number of carbonyl (C=O) groups excluding carboxylic acids is 1. The number of aryl methyl sites for hydroxylation is 2. The second-order valence-electron chi connectivity index (χ2n) is 13.8. The van der Waals surface area contributed by atoms with Crippen LogP contribution in [0.25, 0.3) is 11.1 Å². The van der Waals surface area contributed by atoms with Crippen molar-refractivity contribution in [3.05, 3.63) is 80.5 Å². The molecule has 2 N–H and O–H groups in total. The summed E-state index contributed by atoms with van der Waals surface area (Å²) in [6, 6.07) is 10.9. The third-order valence-electron chi connectivity index (χ3n) is 9.93. The lowest BCUT2D eigenvalue weighted by molar-refractivity contribution is 0.0950. The van der Waals surface area contributed by atoms with Gasteiger partial charge in [0, 0.05) is 86.1 Å². The lowest BCUT2D eigenvalue weighted by Gasteiger charge is -2.41. The first-order valence-electron chi connectivity index (χ1n) is 16.8. The third kappa shape index (κ3) is 7.85. The predicted molar refractivity (Wildman–Crippen MR) is 184 cm³/mol. The second kappa shape index (κ2) is 14.3. The van der Waals surface area contributed by atoms with Crippen LogP contribution in [-0.2, 0) is 13.1 Å². The van der Waals surface area contributed by atoms with E-state index in [4.69, 9.17) is 4.98 Å². The van der Waals surface area contributed by atoms with Crippen molar-refractivity contribution in [1.82, 2.24) is 25.1 Å². The second-order valence-corrected chi connectivity index (χ2v) is 13.8. The molecule has 242 valence electrons. The number of hydrogen-bond donors (Lipinski definition) is 2. The zero-order valence-electron chi connectivity index (χ0n) is 28.4. The van der Waals surface area contributed by atoms with E-state index < -0.39 is 0 Å². The summed E-state index contributed by atoms with van der Waals surface area (Å²) in [5, 5.41) is 3.07. The van der Waals surface area contributed by atoms with Gasteiger partial charge in [-0.3, -0.25) is 19.5 Å². The van der Waals surface area contributed by atoms with Crippen molar-refractivity contribution < 1.29 is 4.79 Å². The number of piperazine rings is 1. The van der Waals surface area contributed by atoms with Crippen molar-refractivity contribution in [1.29, 1.82) is 0 Å². The van der Waals surface area contributed by atoms with Crippen LogP contribution in [0.3, 0.4) is 0 Å². The number of rotatable bonds is 9. The first-order chi connectivity index (χ1) is 21.5. The number of nitrogens with zero attached hydrogens (tertiary/aromatic N) is 4. The minimum atomic E-state index is -0.170. The summed E-state index contributed by atoms with van der Waals surface area (Å²) < 4.78 is 0. The number of pyridine rings is 2. The van der Waals surface area contributed by atoms with E-state index in [1.165, 1.54) is 6.42 Å². The van der Waals surface area contributed by atoms with Gasteiger partial charge >= 0.3 is 0 Å². The molecule has 3 aromatic rings. The molecule has 8 nitrogen and oxygen atoms in total. The largest absolute Gasteiger partial charge is 0.369 e. The fourth-order valence-electron chi connectivity index (χ4n) is 7.47. The minimum absolute atomic E-state index is 0.153. The summed E-state index contributed by atoms with van der Waals surface area (Å²) in [7, 11) is 2.17. The molecule has 0 radical (unpaired) electrons. The molecule has 1 saturated carbocycles. The van der Waals surface area contributed by atoms with Crippen molar-refractivity contribution in [2.45, 2.75) is 79.9 Å². The number of nitrogens with one attached hydrogen (secondary N) is 2. The van der Waals surface area contributed by atoms with Crippen LogP contribution in [0.1, 0.15) is 78.5 Å². The molecule has 8 heteroatoms. The van der Waals surface area contributed by atoms with Gasteiger partial charge in [0.05, 0.1) is 5.69 Å². The number of hydrogen-bond acceptors (Lipinski definition) is 6. The highest BCUT2D eigenvalue weighted by atomic mass is 16.1. The summed E-state index contributed by atoms with van der Waals surface area (Å²) in [5.41, 5.74) is 7.89. The molecular weight excluding hydrogens is 560 g/mol. The van der Waals surface area contributed by atoms with Gasteiger partial charge in [0.25, 0.3) is 11.5 Å². The molecule has 1 aromatic carbocycles. The Morgan fingerprint density at radius 2 is 1.71 bits per heavy atom. The number of benzene rings is 1. The van der Waals surface area contributed by atoms with Gasteiger partial charge in [-0.05, 0) is 107 Å². The van der Waals surface area contributed by atoms with Gasteiger partial charge in [0.1, 0.15) is 0 Å². The highest BCUT2D eigenvalue weighted by Crippen LogP contribution is 2.37. The maximum absolute atomic E-state index is 13.9. The maximum atomic E-state index is 13.9. The van der Waals surface area contributed by atoms with E-state index >= 15 is 0 Å². The number of amides is 1. The van der Waals surface area contributed by atoms with E-state index in [0.717, 1.165) is 91.4 Å². The molecule has 1 aliphatic carbocycles. The standard InChI is InChI=1S/C37H52N6O2/c1-8-43(32-16-24(2)15-25(3)17-32)35-20-30(29-9-10-31(38-21-29)23-42-13-11-41(7)12-14-42)19-33(28(35)6)36(44)39-22-34-26(4)18-27(5)40-37(34)45/h9-10,18-21,24-25,32H,8,11-17,22-23H2,1-7H3,(H,39,44)(H,40,45)/t24-,25-/m0/s1. The molecule has 1 amide bonds. The van der Waals surface area contributed by atoms with Gasteiger partial charge in [-0.2, -0.15) is 0 Å². The van der Waals surface area contributed by atoms with Gasteiger partial charge in [-0.25, -0.2) is 0 Å². The lowest BCUT2D eigenvalue weighted by atomic mass is 9.79. The van der Waals surface area contributed by atoms with E-state index in [2.05, 4.69) is 77.9 Å². The summed E-state index contributed by atoms with van der Waals surface area (Å²) in [5.74, 6) is 1.18. The van der Waals surface area contributed by atoms with Crippen LogP contribution in [0, 0.1) is 32.6 Å². The van der Waals surface area contributed by atoms with E-state index in [0.29, 0.717) is 29.0 Å². The van der Waals surface area contributed by atoms with Crippen LogP contribution in [0.2, 0.25) is 0 Å². The molecule has 0 unspecified atom stereocenters. The Balaban J connectivity index is 1.47. The fourth-order valence-corrected chi connectivity index (χ4v) is 7.47. The van der Waals surface area contributed by atoms with E-state index in [9.17, 15) is 9.59 Å². The number of carbonyl (C=O) groups is 1. The number of H-pyrrole nitrogens is 1. The van der Waals surface area contributed by atoms with Gasteiger partial charge in [0.15, 0.2) is 0 Å². The van der Waals surface area contributed by atoms with E-state index in [1.54, 1.807) is 0 Å². The molecule has 2 aromatic heterocycles. The summed E-state index contributed by atoms with van der Waals surface area (Å²) in [4.78, 5) is 41.6. The summed E-state index contributed by atoms with van der Waals surface area (Å²) in [6.07, 6.45) is 5.53. The minimum Gasteiger partial charge on any atom is -0.369 e. The van der Waals surface area contributed by atoms with Crippen LogP contribution >= 0.6 is 0 Å². The molecule has 3 heterocycles. The Morgan fingerprint density at radius 1 is 1.00 bits per heavy atom. The van der Waals surface area contributed by atoms with Crippen LogP contribution in [-0.4, -0.2) is 71.5 Å². The van der Waals surface area contributed by atoms with Gasteiger partial charge in [-0.15, -0.1) is 0 Å². The maximum Gasteiger partial charge on any atom is 0.253 e. The van der Waals surface area contributed by atoms with Crippen LogP contribution in [0.5, 0.6) is 0 Å². The highest BCUT2D eigenvalue weighted by Gasteiger charge is 2.30. The number of anilines is 1. The monoisotopic (exact) mass is 612 g/mol. The van der Waals surface area contributed by atoms with Crippen LogP contribution < -0.4 is 15.8 Å². The Morgan fingerprint density at radius 3 is 2.33 bits per heavy atom. The summed E-state index contributed by atoms with van der Waals surface area (Å²) >= 11 is 0. The average molecular weight is 613 g/mol. The molecular formula is C37H52N6O2. The van der Waals surface area contributed by atoms with Gasteiger partial charge in [-0.1, -0.05) is 19.9 Å². The highest BCUT2D eigenvalue weighted by molar-refractivity contribution is 5.99. The molecule has 45 heavy (non-hydrogen) atoms. The number of likely N-dealkylation sites (N-methyl/N-ethyl adjacent to an activating group) is 1. The molecule has 2 aliphatic rings. The molecule has 1 saturated heterocycles. The molecule has 0 spiro atoms. The normalized spacial score (nSPS) is 21.1. The van der Waals surface area contributed by atoms with Crippen molar-refractivity contribution >= 4 is 11.6 Å². The SMILES string of the molecule is CCN(c1cc(-c2ccc(CN3CCN(C)CC3)nc2)cc(C(=O)NCc2c(C)cc(C)[nH]c2=O)c1C)C1C[C@@H](C)C[C@H](C)C1. The third-order valence-corrected chi connectivity index (χ3v) is 9.93. The zero-order chi connectivity index (χ0) is 32.2. The Bertz CT molecular complexity index is 1530. The number of aromatic nitrogens is 2. The van der Waals surface area contributed by atoms with Gasteiger partial charge in [0.2, 0.25) is 0 Å². The van der Waals surface area contributed by atoms with Gasteiger partial charge < -0.3 is 20.1 Å². The average Bonchev–Trinajstić information content (AvgIpc) is 2.99. The van der Waals surface area contributed by atoms with Crippen LogP contribution in [0.4, 0.5) is 5.69 Å². The predicted octanol–water partition coefficient (Wildman–Crippen LogP) is 5.69. The fraction of sp³-hybridized carbons (Fsp3) is 0.541. The molecule has 2 atom stereocenters. The first-order valence-corrected chi connectivity index (χ1v) is 16.8. The lowest BCUT2D eigenvalue weighted by Crippen LogP contribution is -2.43. The van der Waals surface area contributed by atoms with E-state index in [1.807, 2.05) is 32.2 Å². The van der Waals surface area contributed by atoms with Crippen molar-refractivity contribution in [3.63, 3.8) is 0 Å². The van der Waals surface area contributed by atoms with Crippen molar-refractivity contribution in [2.75, 3.05) is 44.7 Å². The van der Waals surface area contributed by atoms with Crippen molar-refractivity contribution in [3.8, 4) is 11.1 Å². The Hall–Kier alpha value is -3.49. The molecule has 1 aliphatic heterocycles. The van der Waals surface area contributed by atoms with E-state index in [-0.39, 0.29) is 18.0 Å². The zero-order valence-corrected chi connectivity index (χ0v) is 28.4. The number of aromatic amines is 1. The molecule has 2 fully saturated rings. The Labute approximate surface area is 269 Å². The Kier molecular flexibility index (Phi) is 10.4. The van der Waals surface area contributed by atoms with Crippen LogP contribution in [0.15, 0.2) is 41.3 Å². The van der Waals surface area contributed by atoms with Crippen molar-refractivity contribution in [2.24, 2.45) is 11.8 Å². The summed E-state index contributed by atoms with van der Waals surface area (Å²) in [6.45, 7) is 19.0. The smallest absolute Gasteiger partial charge is 0.253 e. The topological polar surface area (TPSA) is 84.6 Å².